The maximum absolute atomic E-state index is 4.49. The molecular formula is C13H19N3S. The van der Waals surface area contributed by atoms with Crippen LogP contribution in [-0.2, 0) is 19.5 Å². The highest BCUT2D eigenvalue weighted by molar-refractivity contribution is 7.10. The van der Waals surface area contributed by atoms with Gasteiger partial charge in [-0.3, -0.25) is 0 Å². The molecule has 2 aromatic rings. The smallest absolute Gasteiger partial charge is 0.203 e. The Morgan fingerprint density at radius 2 is 2.24 bits per heavy atom. The number of thiophene rings is 1. The van der Waals surface area contributed by atoms with Crippen molar-refractivity contribution >= 4 is 17.3 Å². The topological polar surface area (TPSA) is 29.9 Å². The van der Waals surface area contributed by atoms with Crippen molar-refractivity contribution < 1.29 is 0 Å². The van der Waals surface area contributed by atoms with Crippen LogP contribution in [0, 0.1) is 6.92 Å². The SMILES string of the molecule is CCc1ccsc1CNc1nc(C)cn1CC. The number of imidazole rings is 1. The monoisotopic (exact) mass is 249 g/mol. The molecule has 0 aliphatic heterocycles. The third kappa shape index (κ3) is 2.69. The molecule has 4 heteroatoms. The molecule has 0 unspecified atom stereocenters. The summed E-state index contributed by atoms with van der Waals surface area (Å²) in [6.45, 7) is 8.18. The van der Waals surface area contributed by atoms with E-state index >= 15 is 0 Å². The van der Waals surface area contributed by atoms with E-state index in [-0.39, 0.29) is 0 Å². The highest BCUT2D eigenvalue weighted by atomic mass is 32.1. The van der Waals surface area contributed by atoms with Crippen LogP contribution in [0.2, 0.25) is 0 Å². The molecule has 0 atom stereocenters. The van der Waals surface area contributed by atoms with Crippen LogP contribution < -0.4 is 5.32 Å². The van der Waals surface area contributed by atoms with E-state index in [1.165, 1.54) is 10.4 Å². The van der Waals surface area contributed by atoms with Crippen molar-refractivity contribution in [3.05, 3.63) is 33.8 Å². The molecule has 0 aliphatic carbocycles. The van der Waals surface area contributed by atoms with Gasteiger partial charge in [0, 0.05) is 17.6 Å². The first-order valence-corrected chi connectivity index (χ1v) is 6.95. The Hall–Kier alpha value is -1.29. The summed E-state index contributed by atoms with van der Waals surface area (Å²) in [4.78, 5) is 5.91. The highest BCUT2D eigenvalue weighted by Crippen LogP contribution is 2.19. The standard InChI is InChI=1S/C13H19N3S/c1-4-11-6-7-17-12(11)8-14-13-15-10(3)9-16(13)5-2/h6-7,9H,4-5,8H2,1-3H3,(H,14,15). The molecule has 0 bridgehead atoms. The fraction of sp³-hybridized carbons (Fsp3) is 0.462. The van der Waals surface area contributed by atoms with Crippen molar-refractivity contribution in [3.63, 3.8) is 0 Å². The molecule has 0 saturated carbocycles. The molecule has 0 saturated heterocycles. The zero-order valence-electron chi connectivity index (χ0n) is 10.7. The van der Waals surface area contributed by atoms with E-state index in [2.05, 4.69) is 46.4 Å². The van der Waals surface area contributed by atoms with Crippen LogP contribution in [0.25, 0.3) is 0 Å². The van der Waals surface area contributed by atoms with Gasteiger partial charge in [-0.25, -0.2) is 4.98 Å². The third-order valence-corrected chi connectivity index (χ3v) is 3.83. The van der Waals surface area contributed by atoms with E-state index in [1.54, 1.807) is 0 Å². The molecule has 1 N–H and O–H groups in total. The maximum atomic E-state index is 4.49. The molecule has 0 amide bonds. The van der Waals surface area contributed by atoms with Crippen LogP contribution in [0.4, 0.5) is 5.95 Å². The number of aromatic nitrogens is 2. The van der Waals surface area contributed by atoms with Gasteiger partial charge >= 0.3 is 0 Å². The number of anilines is 1. The van der Waals surface area contributed by atoms with E-state index in [0.717, 1.165) is 31.2 Å². The van der Waals surface area contributed by atoms with Crippen LogP contribution in [-0.4, -0.2) is 9.55 Å². The second-order valence-corrected chi connectivity index (χ2v) is 5.07. The highest BCUT2D eigenvalue weighted by Gasteiger charge is 2.06. The van der Waals surface area contributed by atoms with Crippen LogP contribution in [0.15, 0.2) is 17.6 Å². The lowest BCUT2D eigenvalue weighted by molar-refractivity contribution is 0.763. The number of aryl methyl sites for hydroxylation is 3. The zero-order chi connectivity index (χ0) is 12.3. The lowest BCUT2D eigenvalue weighted by Gasteiger charge is -2.07. The Bertz CT molecular complexity index is 485. The van der Waals surface area contributed by atoms with Crippen molar-refractivity contribution in [2.24, 2.45) is 0 Å². The number of nitrogens with zero attached hydrogens (tertiary/aromatic N) is 2. The summed E-state index contributed by atoms with van der Waals surface area (Å²) in [6.07, 6.45) is 3.18. The van der Waals surface area contributed by atoms with Crippen molar-refractivity contribution in [1.82, 2.24) is 9.55 Å². The number of nitrogens with one attached hydrogen (secondary N) is 1. The summed E-state index contributed by atoms with van der Waals surface area (Å²) in [7, 11) is 0. The van der Waals surface area contributed by atoms with Gasteiger partial charge < -0.3 is 9.88 Å². The Balaban J connectivity index is 2.06. The quantitative estimate of drug-likeness (QED) is 0.879. The maximum Gasteiger partial charge on any atom is 0.203 e. The van der Waals surface area contributed by atoms with Gasteiger partial charge in [0.2, 0.25) is 5.95 Å². The molecular weight excluding hydrogens is 230 g/mol. The van der Waals surface area contributed by atoms with Gasteiger partial charge in [0.15, 0.2) is 0 Å². The van der Waals surface area contributed by atoms with Gasteiger partial charge in [-0.2, -0.15) is 0 Å². The average molecular weight is 249 g/mol. The van der Waals surface area contributed by atoms with Crippen molar-refractivity contribution in [2.45, 2.75) is 40.3 Å². The average Bonchev–Trinajstić information content (AvgIpc) is 2.91. The fourth-order valence-electron chi connectivity index (χ4n) is 1.93. The Morgan fingerprint density at radius 3 is 2.94 bits per heavy atom. The first-order valence-electron chi connectivity index (χ1n) is 6.07. The molecule has 0 aliphatic rings. The van der Waals surface area contributed by atoms with E-state index in [4.69, 9.17) is 0 Å². The van der Waals surface area contributed by atoms with Gasteiger partial charge in [0.25, 0.3) is 0 Å². The molecule has 2 aromatic heterocycles. The molecule has 3 nitrogen and oxygen atoms in total. The number of rotatable bonds is 5. The van der Waals surface area contributed by atoms with Crippen LogP contribution in [0.3, 0.4) is 0 Å². The van der Waals surface area contributed by atoms with Crippen molar-refractivity contribution in [2.75, 3.05) is 5.32 Å². The summed E-state index contributed by atoms with van der Waals surface area (Å²) < 4.78 is 2.15. The molecule has 0 fully saturated rings. The summed E-state index contributed by atoms with van der Waals surface area (Å²) >= 11 is 1.81. The Kier molecular flexibility index (Phi) is 3.84. The lowest BCUT2D eigenvalue weighted by Crippen LogP contribution is -2.06. The van der Waals surface area contributed by atoms with E-state index in [0.29, 0.717) is 0 Å². The summed E-state index contributed by atoms with van der Waals surface area (Å²) in [5.74, 6) is 0.973. The largest absolute Gasteiger partial charge is 0.351 e. The predicted molar refractivity (Wildman–Crippen MR) is 73.7 cm³/mol. The number of hydrogen-bond acceptors (Lipinski definition) is 3. The summed E-state index contributed by atoms with van der Waals surface area (Å²) in [5.41, 5.74) is 2.50. The second-order valence-electron chi connectivity index (χ2n) is 4.07. The van der Waals surface area contributed by atoms with Crippen LogP contribution in [0.1, 0.15) is 30.0 Å². The molecule has 92 valence electrons. The Labute approximate surface area is 107 Å². The molecule has 17 heavy (non-hydrogen) atoms. The molecule has 2 rings (SSSR count). The predicted octanol–water partition coefficient (Wildman–Crippen LogP) is 3.45. The lowest BCUT2D eigenvalue weighted by atomic mass is 10.2. The van der Waals surface area contributed by atoms with E-state index in [1.807, 2.05) is 18.3 Å². The molecule has 0 radical (unpaired) electrons. The zero-order valence-corrected chi connectivity index (χ0v) is 11.5. The Morgan fingerprint density at radius 1 is 1.41 bits per heavy atom. The number of hydrogen-bond donors (Lipinski definition) is 1. The van der Waals surface area contributed by atoms with Crippen LogP contribution in [0.5, 0.6) is 0 Å². The van der Waals surface area contributed by atoms with Gasteiger partial charge in [0.05, 0.1) is 12.2 Å². The van der Waals surface area contributed by atoms with Gasteiger partial charge in [-0.05, 0) is 37.3 Å². The van der Waals surface area contributed by atoms with Crippen LogP contribution >= 0.6 is 11.3 Å². The fourth-order valence-corrected chi connectivity index (χ4v) is 2.84. The second kappa shape index (κ2) is 5.36. The van der Waals surface area contributed by atoms with E-state index in [9.17, 15) is 0 Å². The van der Waals surface area contributed by atoms with Crippen molar-refractivity contribution in [3.8, 4) is 0 Å². The molecule has 2 heterocycles. The van der Waals surface area contributed by atoms with Crippen molar-refractivity contribution in [1.29, 1.82) is 0 Å². The first-order chi connectivity index (χ1) is 8.24. The first kappa shape index (κ1) is 12.2. The third-order valence-electron chi connectivity index (χ3n) is 2.86. The molecule has 0 spiro atoms. The summed E-state index contributed by atoms with van der Waals surface area (Å²) in [6, 6.07) is 2.21. The summed E-state index contributed by atoms with van der Waals surface area (Å²) in [5, 5.41) is 5.58. The normalized spacial score (nSPS) is 10.8. The van der Waals surface area contributed by atoms with Gasteiger partial charge in [0.1, 0.15) is 0 Å². The minimum absolute atomic E-state index is 0.872. The minimum Gasteiger partial charge on any atom is -0.351 e. The molecule has 0 aromatic carbocycles. The van der Waals surface area contributed by atoms with Gasteiger partial charge in [-0.15, -0.1) is 11.3 Å². The minimum atomic E-state index is 0.872. The van der Waals surface area contributed by atoms with Gasteiger partial charge in [-0.1, -0.05) is 6.92 Å². The van der Waals surface area contributed by atoms with E-state index < -0.39 is 0 Å².